The number of amides is 1. The Morgan fingerprint density at radius 1 is 1.05 bits per heavy atom. The zero-order valence-electron chi connectivity index (χ0n) is 12.3. The smallest absolute Gasteiger partial charge is 0.224 e. The van der Waals surface area contributed by atoms with Crippen LogP contribution in [0, 0.1) is 0 Å². The second-order valence-corrected chi connectivity index (χ2v) is 6.52. The SMILES string of the molecule is CC(=O)CCC(=O)Nc1ccc2c(c1)Cc1cc(Br)ccc1-2. The number of carbonyl (C=O) groups excluding carboxylic acids is 2. The van der Waals surface area contributed by atoms with Crippen molar-refractivity contribution in [1.29, 1.82) is 0 Å². The Bertz CT molecular complexity index is 768. The molecule has 1 amide bonds. The highest BCUT2D eigenvalue weighted by molar-refractivity contribution is 9.10. The van der Waals surface area contributed by atoms with Crippen LogP contribution >= 0.6 is 15.9 Å². The summed E-state index contributed by atoms with van der Waals surface area (Å²) < 4.78 is 1.08. The molecule has 2 aromatic rings. The lowest BCUT2D eigenvalue weighted by Gasteiger charge is -2.07. The molecule has 0 unspecified atom stereocenters. The van der Waals surface area contributed by atoms with Gasteiger partial charge in [0, 0.05) is 23.0 Å². The molecule has 0 fully saturated rings. The molecule has 0 atom stereocenters. The van der Waals surface area contributed by atoms with E-state index in [0.29, 0.717) is 0 Å². The van der Waals surface area contributed by atoms with Gasteiger partial charge in [-0.25, -0.2) is 0 Å². The summed E-state index contributed by atoms with van der Waals surface area (Å²) in [7, 11) is 0. The molecule has 4 heteroatoms. The van der Waals surface area contributed by atoms with Gasteiger partial charge in [-0.3, -0.25) is 4.79 Å². The molecular weight excluding hydrogens is 342 g/mol. The fourth-order valence-corrected chi connectivity index (χ4v) is 3.18. The van der Waals surface area contributed by atoms with Crippen LogP contribution in [0.2, 0.25) is 0 Å². The summed E-state index contributed by atoms with van der Waals surface area (Å²) in [5, 5.41) is 2.86. The van der Waals surface area contributed by atoms with E-state index in [9.17, 15) is 9.59 Å². The van der Waals surface area contributed by atoms with Gasteiger partial charge in [-0.2, -0.15) is 0 Å². The van der Waals surface area contributed by atoms with E-state index in [1.807, 2.05) is 18.2 Å². The number of carbonyl (C=O) groups is 2. The molecule has 0 aliphatic heterocycles. The lowest BCUT2D eigenvalue weighted by Crippen LogP contribution is -2.12. The van der Waals surface area contributed by atoms with E-state index in [1.165, 1.54) is 29.2 Å². The Morgan fingerprint density at radius 3 is 2.45 bits per heavy atom. The third-order valence-corrected chi connectivity index (χ3v) is 4.32. The van der Waals surface area contributed by atoms with Crippen LogP contribution in [0.15, 0.2) is 40.9 Å². The van der Waals surface area contributed by atoms with Crippen molar-refractivity contribution in [3.05, 3.63) is 52.0 Å². The van der Waals surface area contributed by atoms with E-state index in [1.54, 1.807) is 0 Å². The first-order valence-electron chi connectivity index (χ1n) is 7.24. The van der Waals surface area contributed by atoms with Gasteiger partial charge in [-0.15, -0.1) is 0 Å². The van der Waals surface area contributed by atoms with Crippen LogP contribution in [0.4, 0.5) is 5.69 Å². The molecule has 112 valence electrons. The highest BCUT2D eigenvalue weighted by Gasteiger charge is 2.19. The third-order valence-electron chi connectivity index (χ3n) is 3.83. The highest BCUT2D eigenvalue weighted by Crippen LogP contribution is 2.38. The lowest BCUT2D eigenvalue weighted by molar-refractivity contribution is -0.121. The van der Waals surface area contributed by atoms with Crippen LogP contribution in [0.3, 0.4) is 0 Å². The van der Waals surface area contributed by atoms with Crippen molar-refractivity contribution < 1.29 is 9.59 Å². The average molecular weight is 358 g/mol. The molecule has 0 spiro atoms. The predicted octanol–water partition coefficient (Wildman–Crippen LogP) is 4.33. The molecule has 0 radical (unpaired) electrons. The maximum atomic E-state index is 11.8. The van der Waals surface area contributed by atoms with Crippen molar-refractivity contribution in [2.45, 2.75) is 26.2 Å². The topological polar surface area (TPSA) is 46.2 Å². The Kier molecular flexibility index (Phi) is 4.12. The summed E-state index contributed by atoms with van der Waals surface area (Å²) in [5.74, 6) is -0.0847. The van der Waals surface area contributed by atoms with E-state index in [2.05, 4.69) is 39.4 Å². The number of Topliss-reactive ketones (excluding diaryl/α,β-unsaturated/α-hetero) is 1. The summed E-state index contributed by atoms with van der Waals surface area (Å²) in [6.07, 6.45) is 1.40. The maximum Gasteiger partial charge on any atom is 0.224 e. The average Bonchev–Trinajstić information content (AvgIpc) is 2.81. The minimum Gasteiger partial charge on any atom is -0.326 e. The Hall–Kier alpha value is -1.94. The van der Waals surface area contributed by atoms with Crippen LogP contribution in [-0.2, 0) is 16.0 Å². The quantitative estimate of drug-likeness (QED) is 0.755. The van der Waals surface area contributed by atoms with Gasteiger partial charge in [0.1, 0.15) is 5.78 Å². The molecule has 1 N–H and O–H groups in total. The molecule has 3 nitrogen and oxygen atoms in total. The second kappa shape index (κ2) is 6.05. The van der Waals surface area contributed by atoms with E-state index in [4.69, 9.17) is 0 Å². The molecule has 0 heterocycles. The monoisotopic (exact) mass is 357 g/mol. The number of hydrogen-bond donors (Lipinski definition) is 1. The molecule has 1 aliphatic rings. The van der Waals surface area contributed by atoms with Gasteiger partial charge in [0.2, 0.25) is 5.91 Å². The largest absolute Gasteiger partial charge is 0.326 e. The van der Waals surface area contributed by atoms with Gasteiger partial charge in [-0.05, 0) is 59.9 Å². The number of nitrogens with one attached hydrogen (secondary N) is 1. The highest BCUT2D eigenvalue weighted by atomic mass is 79.9. The lowest BCUT2D eigenvalue weighted by atomic mass is 10.1. The van der Waals surface area contributed by atoms with Crippen LogP contribution < -0.4 is 5.32 Å². The summed E-state index contributed by atoms with van der Waals surface area (Å²) in [6.45, 7) is 1.50. The number of fused-ring (bicyclic) bond motifs is 3. The number of ketones is 1. The van der Waals surface area contributed by atoms with Crippen molar-refractivity contribution in [2.24, 2.45) is 0 Å². The molecule has 3 rings (SSSR count). The van der Waals surface area contributed by atoms with Gasteiger partial charge in [0.05, 0.1) is 0 Å². The summed E-state index contributed by atoms with van der Waals surface area (Å²) in [5.41, 5.74) is 5.79. The van der Waals surface area contributed by atoms with Crippen molar-refractivity contribution in [3.8, 4) is 11.1 Å². The molecule has 2 aromatic carbocycles. The third kappa shape index (κ3) is 3.12. The molecule has 0 saturated heterocycles. The number of anilines is 1. The summed E-state index contributed by atoms with van der Waals surface area (Å²) in [6, 6.07) is 12.3. The minimum absolute atomic E-state index is 0.0325. The van der Waals surface area contributed by atoms with Gasteiger partial charge in [0.25, 0.3) is 0 Å². The molecule has 0 saturated carbocycles. The number of benzene rings is 2. The number of rotatable bonds is 4. The van der Waals surface area contributed by atoms with Crippen molar-refractivity contribution in [2.75, 3.05) is 5.32 Å². The fraction of sp³-hybridized carbons (Fsp3) is 0.222. The Morgan fingerprint density at radius 2 is 1.73 bits per heavy atom. The van der Waals surface area contributed by atoms with Crippen LogP contribution in [0.25, 0.3) is 11.1 Å². The van der Waals surface area contributed by atoms with E-state index in [0.717, 1.165) is 16.6 Å². The van der Waals surface area contributed by atoms with E-state index < -0.39 is 0 Å². The first-order valence-corrected chi connectivity index (χ1v) is 8.03. The van der Waals surface area contributed by atoms with Gasteiger partial charge in [-0.1, -0.05) is 28.1 Å². The Balaban J connectivity index is 1.77. The first-order chi connectivity index (χ1) is 10.5. The predicted molar refractivity (Wildman–Crippen MR) is 90.9 cm³/mol. The van der Waals surface area contributed by atoms with E-state index in [-0.39, 0.29) is 24.5 Å². The van der Waals surface area contributed by atoms with Gasteiger partial charge < -0.3 is 10.1 Å². The van der Waals surface area contributed by atoms with Gasteiger partial charge in [0.15, 0.2) is 0 Å². The zero-order chi connectivity index (χ0) is 15.7. The normalized spacial score (nSPS) is 11.7. The van der Waals surface area contributed by atoms with E-state index >= 15 is 0 Å². The molecule has 22 heavy (non-hydrogen) atoms. The second-order valence-electron chi connectivity index (χ2n) is 5.60. The number of hydrogen-bond acceptors (Lipinski definition) is 2. The molecular formula is C18H16BrNO2. The van der Waals surface area contributed by atoms with Crippen LogP contribution in [-0.4, -0.2) is 11.7 Å². The van der Waals surface area contributed by atoms with Crippen LogP contribution in [0.1, 0.15) is 30.9 Å². The standard InChI is InChI=1S/C18H16BrNO2/c1-11(21)2-7-18(22)20-15-4-6-17-13(10-15)8-12-9-14(19)3-5-16(12)17/h3-6,9-10H,2,7-8H2,1H3,(H,20,22). The molecule has 0 bridgehead atoms. The van der Waals surface area contributed by atoms with Crippen molar-refractivity contribution in [1.82, 2.24) is 0 Å². The fourth-order valence-electron chi connectivity index (χ4n) is 2.77. The summed E-state index contributed by atoms with van der Waals surface area (Å²) >= 11 is 3.50. The van der Waals surface area contributed by atoms with Crippen LogP contribution in [0.5, 0.6) is 0 Å². The van der Waals surface area contributed by atoms with Crippen molar-refractivity contribution >= 4 is 33.3 Å². The maximum absolute atomic E-state index is 11.8. The minimum atomic E-state index is -0.117. The van der Waals surface area contributed by atoms with Gasteiger partial charge >= 0.3 is 0 Å². The van der Waals surface area contributed by atoms with Crippen molar-refractivity contribution in [3.63, 3.8) is 0 Å². The first kappa shape index (κ1) is 15.0. The molecule has 0 aromatic heterocycles. The summed E-state index contributed by atoms with van der Waals surface area (Å²) in [4.78, 5) is 22.7. The molecule has 1 aliphatic carbocycles. The number of halogens is 1. The Labute approximate surface area is 137 Å². The zero-order valence-corrected chi connectivity index (χ0v) is 13.9.